The molecule has 0 fully saturated rings. The van der Waals surface area contributed by atoms with Crippen molar-refractivity contribution in [3.8, 4) is 11.3 Å². The maximum atomic E-state index is 7.96. The van der Waals surface area contributed by atoms with Gasteiger partial charge in [-0.2, -0.15) is 0 Å². The molecule has 0 radical (unpaired) electrons. The Kier molecular flexibility index (Phi) is 2.77. The number of para-hydroxylation sites is 1. The van der Waals surface area contributed by atoms with Gasteiger partial charge in [0.1, 0.15) is 18.2 Å². The van der Waals surface area contributed by atoms with Crippen molar-refractivity contribution in [3.63, 3.8) is 0 Å². The number of hydrogen-bond acceptors (Lipinski definition) is 1. The first-order valence-electron chi connectivity index (χ1n) is 10.0. The molecule has 0 atom stereocenters. The van der Waals surface area contributed by atoms with E-state index >= 15 is 0 Å². The van der Waals surface area contributed by atoms with Gasteiger partial charge in [-0.25, -0.2) is 4.57 Å². The van der Waals surface area contributed by atoms with E-state index in [1.807, 2.05) is 48.1 Å². The number of benzene rings is 2. The van der Waals surface area contributed by atoms with E-state index in [1.165, 1.54) is 0 Å². The van der Waals surface area contributed by atoms with Gasteiger partial charge in [0.15, 0.2) is 6.20 Å². The summed E-state index contributed by atoms with van der Waals surface area (Å²) in [7, 11) is 1.97. The number of pyridine rings is 1. The molecule has 2 heteroatoms. The third-order valence-corrected chi connectivity index (χ3v) is 4.88. The maximum absolute atomic E-state index is 7.96. The average molecular weight is 333 g/mol. The maximum Gasteiger partial charge on any atom is 0.216 e. The molecule has 0 aliphatic carbocycles. The molecule has 0 N–H and O–H groups in total. The van der Waals surface area contributed by atoms with Crippen LogP contribution < -0.4 is 4.57 Å². The summed E-state index contributed by atoms with van der Waals surface area (Å²) in [6, 6.07) is 16.1. The van der Waals surface area contributed by atoms with Crippen LogP contribution in [0.1, 0.15) is 35.9 Å². The van der Waals surface area contributed by atoms with Crippen molar-refractivity contribution in [2.24, 2.45) is 7.05 Å². The van der Waals surface area contributed by atoms with E-state index in [2.05, 4.69) is 25.1 Å². The van der Waals surface area contributed by atoms with E-state index in [-0.39, 0.29) is 0 Å². The van der Waals surface area contributed by atoms with Crippen molar-refractivity contribution < 1.29 is 13.1 Å². The summed E-state index contributed by atoms with van der Waals surface area (Å²) in [6.07, 6.45) is 1.93. The van der Waals surface area contributed by atoms with Gasteiger partial charge in [0.25, 0.3) is 0 Å². The molecule has 4 rings (SSSR count). The standard InChI is InChI=1S/C23H24NO/c1-15-10-11-18-17-8-6-7-9-20(17)25-22(18)21(15)19-14-16(23(2,3)4)12-13-24(19)5/h6-14H,1-5H3/q+1/i2D3. The highest BCUT2D eigenvalue weighted by Crippen LogP contribution is 2.37. The van der Waals surface area contributed by atoms with Gasteiger partial charge in [0.05, 0.1) is 5.56 Å². The van der Waals surface area contributed by atoms with Crippen LogP contribution >= 0.6 is 0 Å². The van der Waals surface area contributed by atoms with Crippen molar-refractivity contribution in [1.82, 2.24) is 0 Å². The lowest BCUT2D eigenvalue weighted by Gasteiger charge is -2.19. The summed E-state index contributed by atoms with van der Waals surface area (Å²) < 4.78 is 32.1. The Morgan fingerprint density at radius 1 is 1.04 bits per heavy atom. The lowest BCUT2D eigenvalue weighted by Crippen LogP contribution is -2.32. The monoisotopic (exact) mass is 333 g/mol. The number of fused-ring (bicyclic) bond motifs is 3. The minimum atomic E-state index is -2.09. The van der Waals surface area contributed by atoms with E-state index in [4.69, 9.17) is 8.53 Å². The predicted octanol–water partition coefficient (Wildman–Crippen LogP) is 5.68. The van der Waals surface area contributed by atoms with Gasteiger partial charge in [-0.1, -0.05) is 51.0 Å². The van der Waals surface area contributed by atoms with E-state index in [1.54, 1.807) is 13.8 Å². The van der Waals surface area contributed by atoms with Crippen LogP contribution in [-0.2, 0) is 12.5 Å². The number of aromatic nitrogens is 1. The molecule has 0 aliphatic rings. The lowest BCUT2D eigenvalue weighted by molar-refractivity contribution is -0.660. The van der Waals surface area contributed by atoms with Crippen LogP contribution in [0.15, 0.2) is 59.1 Å². The Bertz CT molecular complexity index is 1200. The molecule has 2 nitrogen and oxygen atoms in total. The number of hydrogen-bond donors (Lipinski definition) is 0. The molecular weight excluding hydrogens is 306 g/mol. The molecule has 0 saturated carbocycles. The second-order valence-electron chi connectivity index (χ2n) is 7.27. The van der Waals surface area contributed by atoms with Gasteiger partial charge in [-0.05, 0) is 29.5 Å². The third-order valence-electron chi connectivity index (χ3n) is 4.88. The van der Waals surface area contributed by atoms with Gasteiger partial charge in [-0.3, -0.25) is 0 Å². The van der Waals surface area contributed by atoms with Crippen molar-refractivity contribution in [2.75, 3.05) is 0 Å². The second-order valence-corrected chi connectivity index (χ2v) is 7.27. The number of nitrogens with zero attached hydrogens (tertiary/aromatic N) is 1. The summed E-state index contributed by atoms with van der Waals surface area (Å²) in [4.78, 5) is 0. The van der Waals surface area contributed by atoms with Crippen LogP contribution in [0.25, 0.3) is 33.2 Å². The van der Waals surface area contributed by atoms with Gasteiger partial charge < -0.3 is 4.42 Å². The summed E-state index contributed by atoms with van der Waals surface area (Å²) >= 11 is 0. The van der Waals surface area contributed by atoms with Crippen LogP contribution in [-0.4, -0.2) is 0 Å². The Labute approximate surface area is 152 Å². The molecule has 2 aromatic heterocycles. The smallest absolute Gasteiger partial charge is 0.216 e. The minimum absolute atomic E-state index is 0.785. The molecule has 2 heterocycles. The highest BCUT2D eigenvalue weighted by atomic mass is 16.3. The van der Waals surface area contributed by atoms with Gasteiger partial charge in [0, 0.05) is 27.0 Å². The molecule has 25 heavy (non-hydrogen) atoms. The number of furan rings is 1. The zero-order valence-electron chi connectivity index (χ0n) is 18.1. The molecule has 2 aromatic carbocycles. The first-order valence-corrected chi connectivity index (χ1v) is 8.52. The van der Waals surface area contributed by atoms with Gasteiger partial charge >= 0.3 is 0 Å². The minimum Gasteiger partial charge on any atom is -0.455 e. The van der Waals surface area contributed by atoms with Crippen molar-refractivity contribution in [1.29, 1.82) is 0 Å². The van der Waals surface area contributed by atoms with Crippen LogP contribution in [0, 0.1) is 6.92 Å². The topological polar surface area (TPSA) is 17.0 Å². The van der Waals surface area contributed by atoms with E-state index in [9.17, 15) is 0 Å². The van der Waals surface area contributed by atoms with Gasteiger partial charge in [0.2, 0.25) is 5.69 Å². The summed E-state index contributed by atoms with van der Waals surface area (Å²) in [5, 5.41) is 2.15. The molecule has 0 amide bonds. The Morgan fingerprint density at radius 2 is 1.84 bits per heavy atom. The number of rotatable bonds is 1. The molecule has 4 aromatic rings. The Balaban J connectivity index is 2.03. The fourth-order valence-corrected chi connectivity index (χ4v) is 3.41. The molecular formula is C23H24NO+. The van der Waals surface area contributed by atoms with Crippen LogP contribution in [0.3, 0.4) is 0 Å². The second kappa shape index (κ2) is 5.45. The van der Waals surface area contributed by atoms with Crippen molar-refractivity contribution >= 4 is 21.9 Å². The number of aryl methyl sites for hydroxylation is 2. The molecule has 0 aliphatic heterocycles. The summed E-state index contributed by atoms with van der Waals surface area (Å²) in [6.45, 7) is 3.51. The molecule has 0 bridgehead atoms. The van der Waals surface area contributed by atoms with Crippen LogP contribution in [0.2, 0.25) is 0 Å². The van der Waals surface area contributed by atoms with Crippen molar-refractivity contribution in [3.05, 3.63) is 65.9 Å². The lowest BCUT2D eigenvalue weighted by atomic mass is 9.86. The Hall–Kier alpha value is -2.61. The van der Waals surface area contributed by atoms with Crippen LogP contribution in [0.5, 0.6) is 0 Å². The molecule has 0 spiro atoms. The Morgan fingerprint density at radius 3 is 2.64 bits per heavy atom. The summed E-state index contributed by atoms with van der Waals surface area (Å²) in [5.74, 6) is 0. The van der Waals surface area contributed by atoms with E-state index in [0.717, 1.165) is 44.3 Å². The highest BCUT2D eigenvalue weighted by molar-refractivity contribution is 6.09. The van der Waals surface area contributed by atoms with Gasteiger partial charge in [-0.15, -0.1) is 0 Å². The molecule has 126 valence electrons. The zero-order valence-corrected chi connectivity index (χ0v) is 15.1. The fourth-order valence-electron chi connectivity index (χ4n) is 3.41. The first kappa shape index (κ1) is 12.7. The quantitative estimate of drug-likeness (QED) is 0.409. The normalized spacial score (nSPS) is 14.5. The molecule has 0 unspecified atom stereocenters. The van der Waals surface area contributed by atoms with Crippen LogP contribution in [0.4, 0.5) is 0 Å². The zero-order chi connectivity index (χ0) is 20.3. The largest absolute Gasteiger partial charge is 0.455 e. The molecule has 0 saturated heterocycles. The van der Waals surface area contributed by atoms with E-state index in [0.29, 0.717) is 0 Å². The predicted molar refractivity (Wildman–Crippen MR) is 104 cm³/mol. The fraction of sp³-hybridized carbons (Fsp3) is 0.261. The summed E-state index contributed by atoms with van der Waals surface area (Å²) in [5.41, 5.74) is 4.55. The van der Waals surface area contributed by atoms with Crippen molar-refractivity contribution in [2.45, 2.75) is 33.0 Å². The highest BCUT2D eigenvalue weighted by Gasteiger charge is 2.23. The SMILES string of the molecule is [2H]C([2H])([2H])C(C)(C)c1cc[n+](C)c(-c2c(C)ccc3c2oc2ccccc23)c1. The first-order chi connectivity index (χ1) is 13.1. The van der Waals surface area contributed by atoms with E-state index < -0.39 is 12.3 Å². The third kappa shape index (κ3) is 2.53. The average Bonchev–Trinajstić information content (AvgIpc) is 3.00.